The van der Waals surface area contributed by atoms with E-state index >= 15 is 0 Å². The molecular formula is C14H16ClN3OS. The fraction of sp³-hybridized carbons (Fsp3) is 0.357. The van der Waals surface area contributed by atoms with E-state index in [0.29, 0.717) is 15.8 Å². The van der Waals surface area contributed by atoms with Gasteiger partial charge in [-0.1, -0.05) is 32.4 Å². The minimum Gasteiger partial charge on any atom is -0.298 e. The zero-order valence-electron chi connectivity index (χ0n) is 11.8. The summed E-state index contributed by atoms with van der Waals surface area (Å²) in [6, 6.07) is 3.33. The fourth-order valence-corrected chi connectivity index (χ4v) is 2.46. The number of hydrogen-bond donors (Lipinski definition) is 1. The molecule has 0 aromatic carbocycles. The summed E-state index contributed by atoms with van der Waals surface area (Å²) in [5.74, 6) is -0.228. The zero-order valence-corrected chi connectivity index (χ0v) is 13.4. The maximum Gasteiger partial charge on any atom is 0.257 e. The number of anilines is 1. The Morgan fingerprint density at radius 2 is 2.05 bits per heavy atom. The first-order valence-electron chi connectivity index (χ1n) is 6.17. The SMILES string of the molecule is Cc1cnc(NC(=O)c2cc(Cl)nc(C(C)(C)C)c2)s1. The minimum atomic E-state index is -0.228. The molecule has 0 fully saturated rings. The van der Waals surface area contributed by atoms with E-state index in [1.165, 1.54) is 11.3 Å². The molecule has 0 spiro atoms. The van der Waals surface area contributed by atoms with Gasteiger partial charge >= 0.3 is 0 Å². The van der Waals surface area contributed by atoms with Gasteiger partial charge < -0.3 is 0 Å². The van der Waals surface area contributed by atoms with Gasteiger partial charge in [-0.3, -0.25) is 10.1 Å². The third-order valence-electron chi connectivity index (χ3n) is 2.67. The van der Waals surface area contributed by atoms with E-state index in [9.17, 15) is 4.79 Å². The number of carbonyl (C=O) groups excluding carboxylic acids is 1. The number of thiazole rings is 1. The van der Waals surface area contributed by atoms with Gasteiger partial charge in [0.05, 0.1) is 0 Å². The summed E-state index contributed by atoms with van der Waals surface area (Å²) in [6.07, 6.45) is 1.72. The first kappa shape index (κ1) is 14.9. The molecule has 0 bridgehead atoms. The second-order valence-corrected chi connectivity index (χ2v) is 7.17. The maximum atomic E-state index is 12.2. The van der Waals surface area contributed by atoms with Crippen LogP contribution in [0.3, 0.4) is 0 Å². The minimum absolute atomic E-state index is 0.169. The van der Waals surface area contributed by atoms with E-state index in [2.05, 4.69) is 15.3 Å². The Kier molecular flexibility index (Phi) is 4.11. The molecule has 0 aliphatic rings. The first-order valence-corrected chi connectivity index (χ1v) is 7.37. The molecule has 6 heteroatoms. The molecule has 2 aromatic heterocycles. The van der Waals surface area contributed by atoms with Crippen molar-refractivity contribution in [2.75, 3.05) is 5.32 Å². The number of halogens is 1. The Morgan fingerprint density at radius 3 is 2.60 bits per heavy atom. The van der Waals surface area contributed by atoms with Gasteiger partial charge in [0.15, 0.2) is 5.13 Å². The number of rotatable bonds is 2. The molecule has 2 rings (SSSR count). The summed E-state index contributed by atoms with van der Waals surface area (Å²) >= 11 is 7.44. The quantitative estimate of drug-likeness (QED) is 0.851. The summed E-state index contributed by atoms with van der Waals surface area (Å²) in [5.41, 5.74) is 1.10. The number of aryl methyl sites for hydroxylation is 1. The van der Waals surface area contributed by atoms with E-state index < -0.39 is 0 Å². The lowest BCUT2D eigenvalue weighted by atomic mass is 9.91. The van der Waals surface area contributed by atoms with E-state index in [4.69, 9.17) is 11.6 Å². The maximum absolute atomic E-state index is 12.2. The Balaban J connectivity index is 2.28. The highest BCUT2D eigenvalue weighted by atomic mass is 35.5. The molecule has 4 nitrogen and oxygen atoms in total. The average Bonchev–Trinajstić information content (AvgIpc) is 2.72. The lowest BCUT2D eigenvalue weighted by Crippen LogP contribution is -2.17. The Bertz CT molecular complexity index is 646. The molecule has 2 heterocycles. The molecule has 0 saturated heterocycles. The monoisotopic (exact) mass is 309 g/mol. The van der Waals surface area contributed by atoms with Crippen molar-refractivity contribution < 1.29 is 4.79 Å². The number of amides is 1. The third-order valence-corrected chi connectivity index (χ3v) is 3.69. The number of pyridine rings is 1. The smallest absolute Gasteiger partial charge is 0.257 e. The molecule has 20 heavy (non-hydrogen) atoms. The van der Waals surface area contributed by atoms with Crippen LogP contribution in [0.25, 0.3) is 0 Å². The van der Waals surface area contributed by atoms with Crippen LogP contribution in [0.1, 0.15) is 41.7 Å². The number of nitrogens with zero attached hydrogens (tertiary/aromatic N) is 2. The van der Waals surface area contributed by atoms with Crippen molar-refractivity contribution in [3.63, 3.8) is 0 Å². The second-order valence-electron chi connectivity index (χ2n) is 5.54. The summed E-state index contributed by atoms with van der Waals surface area (Å²) in [7, 11) is 0. The van der Waals surface area contributed by atoms with Gasteiger partial charge in [-0.25, -0.2) is 9.97 Å². The van der Waals surface area contributed by atoms with Crippen LogP contribution in [-0.2, 0) is 5.41 Å². The second kappa shape index (κ2) is 5.50. The van der Waals surface area contributed by atoms with Crippen molar-refractivity contribution in [3.05, 3.63) is 39.6 Å². The molecule has 1 amide bonds. The van der Waals surface area contributed by atoms with Gasteiger partial charge in [0.25, 0.3) is 5.91 Å². The van der Waals surface area contributed by atoms with Gasteiger partial charge in [-0.2, -0.15) is 0 Å². The molecule has 0 aliphatic heterocycles. The predicted molar refractivity (Wildman–Crippen MR) is 82.8 cm³/mol. The highest BCUT2D eigenvalue weighted by Crippen LogP contribution is 2.24. The van der Waals surface area contributed by atoms with Crippen molar-refractivity contribution in [2.24, 2.45) is 0 Å². The van der Waals surface area contributed by atoms with Crippen molar-refractivity contribution in [2.45, 2.75) is 33.1 Å². The van der Waals surface area contributed by atoms with Crippen LogP contribution >= 0.6 is 22.9 Å². The number of hydrogen-bond acceptors (Lipinski definition) is 4. The summed E-state index contributed by atoms with van der Waals surface area (Å²) < 4.78 is 0. The van der Waals surface area contributed by atoms with Crippen molar-refractivity contribution >= 4 is 34.0 Å². The molecule has 1 N–H and O–H groups in total. The van der Waals surface area contributed by atoms with Gasteiger partial charge in [0.1, 0.15) is 5.15 Å². The van der Waals surface area contributed by atoms with Crippen LogP contribution in [0.4, 0.5) is 5.13 Å². The molecular weight excluding hydrogens is 294 g/mol. The molecule has 0 unspecified atom stereocenters. The lowest BCUT2D eigenvalue weighted by molar-refractivity contribution is 0.102. The average molecular weight is 310 g/mol. The van der Waals surface area contributed by atoms with Gasteiger partial charge in [-0.15, -0.1) is 11.3 Å². The Hall–Kier alpha value is -1.46. The van der Waals surface area contributed by atoms with Crippen molar-refractivity contribution in [1.29, 1.82) is 0 Å². The van der Waals surface area contributed by atoms with Crippen molar-refractivity contribution in [1.82, 2.24) is 9.97 Å². The normalized spacial score (nSPS) is 11.4. The van der Waals surface area contributed by atoms with Crippen LogP contribution < -0.4 is 5.32 Å². The molecule has 0 saturated carbocycles. The number of aromatic nitrogens is 2. The molecule has 2 aromatic rings. The van der Waals surface area contributed by atoms with E-state index in [1.54, 1.807) is 18.3 Å². The highest BCUT2D eigenvalue weighted by molar-refractivity contribution is 7.15. The van der Waals surface area contributed by atoms with E-state index in [1.807, 2.05) is 27.7 Å². The largest absolute Gasteiger partial charge is 0.298 e. The standard InChI is InChI=1S/C14H16ClN3OS/c1-8-7-16-13(20-8)18-12(19)9-5-10(14(2,3)4)17-11(15)6-9/h5-7H,1-4H3,(H,16,18,19). The molecule has 106 valence electrons. The zero-order chi connectivity index (χ0) is 14.9. The van der Waals surface area contributed by atoms with Crippen molar-refractivity contribution in [3.8, 4) is 0 Å². The van der Waals surface area contributed by atoms with Gasteiger partial charge in [0, 0.05) is 27.7 Å². The molecule has 0 aliphatic carbocycles. The lowest BCUT2D eigenvalue weighted by Gasteiger charge is -2.18. The third kappa shape index (κ3) is 3.55. The number of nitrogens with one attached hydrogen (secondary N) is 1. The van der Waals surface area contributed by atoms with Crippen LogP contribution in [0.5, 0.6) is 0 Å². The topological polar surface area (TPSA) is 54.9 Å². The summed E-state index contributed by atoms with van der Waals surface area (Å²) in [5, 5.41) is 3.67. The van der Waals surface area contributed by atoms with Crippen LogP contribution in [0.15, 0.2) is 18.3 Å². The first-order chi connectivity index (χ1) is 9.25. The van der Waals surface area contributed by atoms with E-state index in [-0.39, 0.29) is 11.3 Å². The highest BCUT2D eigenvalue weighted by Gasteiger charge is 2.19. The molecule has 0 radical (unpaired) electrons. The van der Waals surface area contributed by atoms with E-state index in [0.717, 1.165) is 10.6 Å². The fourth-order valence-electron chi connectivity index (χ4n) is 1.59. The number of carbonyl (C=O) groups is 1. The summed E-state index contributed by atoms with van der Waals surface area (Å²) in [6.45, 7) is 8.01. The van der Waals surface area contributed by atoms with Gasteiger partial charge in [0.2, 0.25) is 0 Å². The predicted octanol–water partition coefficient (Wildman–Crippen LogP) is 4.05. The molecule has 0 atom stereocenters. The Labute approximate surface area is 127 Å². The van der Waals surface area contributed by atoms with Crippen LogP contribution in [0.2, 0.25) is 5.15 Å². The summed E-state index contributed by atoms with van der Waals surface area (Å²) in [4.78, 5) is 21.7. The van der Waals surface area contributed by atoms with Gasteiger partial charge in [-0.05, 0) is 19.1 Å². The van der Waals surface area contributed by atoms with Crippen LogP contribution in [0, 0.1) is 6.92 Å². The van der Waals surface area contributed by atoms with Crippen LogP contribution in [-0.4, -0.2) is 15.9 Å². The Morgan fingerprint density at radius 1 is 1.35 bits per heavy atom.